The highest BCUT2D eigenvalue weighted by Crippen LogP contribution is 2.27. The SMILES string of the molecule is CC1CC(NCC2(C)COC2)C(C)O1. The molecule has 0 saturated carbocycles. The van der Waals surface area contributed by atoms with Gasteiger partial charge >= 0.3 is 0 Å². The van der Waals surface area contributed by atoms with E-state index in [9.17, 15) is 0 Å². The lowest BCUT2D eigenvalue weighted by molar-refractivity contribution is -0.101. The van der Waals surface area contributed by atoms with Gasteiger partial charge in [-0.05, 0) is 20.3 Å². The van der Waals surface area contributed by atoms with Crippen LogP contribution in [0.25, 0.3) is 0 Å². The summed E-state index contributed by atoms with van der Waals surface area (Å²) in [5.74, 6) is 0. The van der Waals surface area contributed by atoms with Gasteiger partial charge in [0, 0.05) is 18.0 Å². The predicted octanol–water partition coefficient (Wildman–Crippen LogP) is 1.18. The molecule has 0 amide bonds. The van der Waals surface area contributed by atoms with Crippen LogP contribution in [0.5, 0.6) is 0 Å². The van der Waals surface area contributed by atoms with Crippen LogP contribution < -0.4 is 5.32 Å². The van der Waals surface area contributed by atoms with Gasteiger partial charge in [-0.3, -0.25) is 0 Å². The molecule has 0 radical (unpaired) electrons. The van der Waals surface area contributed by atoms with Crippen molar-refractivity contribution in [3.8, 4) is 0 Å². The molecule has 14 heavy (non-hydrogen) atoms. The summed E-state index contributed by atoms with van der Waals surface area (Å²) < 4.78 is 10.9. The van der Waals surface area contributed by atoms with E-state index in [1.54, 1.807) is 0 Å². The lowest BCUT2D eigenvalue weighted by atomic mass is 9.88. The maximum atomic E-state index is 5.70. The molecule has 0 aromatic rings. The van der Waals surface area contributed by atoms with Crippen molar-refractivity contribution in [3.63, 3.8) is 0 Å². The maximum Gasteiger partial charge on any atom is 0.0704 e. The first-order valence-corrected chi connectivity index (χ1v) is 5.56. The Balaban J connectivity index is 1.75. The molecular weight excluding hydrogens is 178 g/mol. The normalized spacial score (nSPS) is 40.9. The molecule has 0 aromatic heterocycles. The predicted molar refractivity (Wildman–Crippen MR) is 55.3 cm³/mol. The third-order valence-corrected chi connectivity index (χ3v) is 3.29. The van der Waals surface area contributed by atoms with Crippen LogP contribution in [0.4, 0.5) is 0 Å². The molecule has 3 atom stereocenters. The number of ether oxygens (including phenoxy) is 2. The van der Waals surface area contributed by atoms with E-state index in [4.69, 9.17) is 9.47 Å². The smallest absolute Gasteiger partial charge is 0.0704 e. The van der Waals surface area contributed by atoms with Crippen LogP contribution in [0, 0.1) is 5.41 Å². The Kier molecular flexibility index (Phi) is 2.82. The Morgan fingerprint density at radius 1 is 1.36 bits per heavy atom. The van der Waals surface area contributed by atoms with Crippen molar-refractivity contribution in [3.05, 3.63) is 0 Å². The summed E-state index contributed by atoms with van der Waals surface area (Å²) in [6.45, 7) is 9.42. The second-order valence-electron chi connectivity index (χ2n) is 5.18. The van der Waals surface area contributed by atoms with Crippen molar-refractivity contribution in [1.29, 1.82) is 0 Å². The third-order valence-electron chi connectivity index (χ3n) is 3.29. The monoisotopic (exact) mass is 199 g/mol. The van der Waals surface area contributed by atoms with Gasteiger partial charge in [-0.1, -0.05) is 6.92 Å². The van der Waals surface area contributed by atoms with Crippen molar-refractivity contribution < 1.29 is 9.47 Å². The molecule has 3 unspecified atom stereocenters. The van der Waals surface area contributed by atoms with Gasteiger partial charge in [-0.2, -0.15) is 0 Å². The van der Waals surface area contributed by atoms with Gasteiger partial charge in [0.2, 0.25) is 0 Å². The van der Waals surface area contributed by atoms with Gasteiger partial charge in [-0.25, -0.2) is 0 Å². The zero-order chi connectivity index (χ0) is 10.2. The summed E-state index contributed by atoms with van der Waals surface area (Å²) in [4.78, 5) is 0. The molecule has 2 saturated heterocycles. The van der Waals surface area contributed by atoms with Crippen molar-refractivity contribution in [2.45, 2.75) is 45.4 Å². The summed E-state index contributed by atoms with van der Waals surface area (Å²) in [7, 11) is 0. The third kappa shape index (κ3) is 2.10. The molecule has 1 N–H and O–H groups in total. The van der Waals surface area contributed by atoms with Gasteiger partial charge < -0.3 is 14.8 Å². The molecule has 2 heterocycles. The van der Waals surface area contributed by atoms with Crippen molar-refractivity contribution >= 4 is 0 Å². The number of nitrogens with one attached hydrogen (secondary N) is 1. The maximum absolute atomic E-state index is 5.70. The molecule has 0 spiro atoms. The Bertz CT molecular complexity index is 203. The highest BCUT2D eigenvalue weighted by Gasteiger charge is 2.36. The zero-order valence-electron chi connectivity index (χ0n) is 9.38. The molecule has 3 nitrogen and oxygen atoms in total. The fraction of sp³-hybridized carbons (Fsp3) is 1.00. The topological polar surface area (TPSA) is 30.5 Å². The Morgan fingerprint density at radius 3 is 2.50 bits per heavy atom. The molecule has 2 aliphatic rings. The Hall–Kier alpha value is -0.120. The Morgan fingerprint density at radius 2 is 2.07 bits per heavy atom. The van der Waals surface area contributed by atoms with Crippen LogP contribution in [0.2, 0.25) is 0 Å². The first-order chi connectivity index (χ1) is 6.59. The highest BCUT2D eigenvalue weighted by molar-refractivity contribution is 4.89. The standard InChI is InChI=1S/C11H21NO2/c1-8-4-10(9(2)14-8)12-5-11(3)6-13-7-11/h8-10,12H,4-7H2,1-3H3. The molecule has 0 aliphatic carbocycles. The van der Waals surface area contributed by atoms with Crippen LogP contribution in [0.15, 0.2) is 0 Å². The second-order valence-corrected chi connectivity index (χ2v) is 5.18. The highest BCUT2D eigenvalue weighted by atomic mass is 16.5. The van der Waals surface area contributed by atoms with Crippen LogP contribution in [0.3, 0.4) is 0 Å². The average Bonchev–Trinajstić information content (AvgIpc) is 2.38. The van der Waals surface area contributed by atoms with Crippen molar-refractivity contribution in [2.24, 2.45) is 5.41 Å². The van der Waals surface area contributed by atoms with Gasteiger partial charge in [0.1, 0.15) is 0 Å². The fourth-order valence-electron chi connectivity index (χ4n) is 2.25. The van der Waals surface area contributed by atoms with E-state index in [-0.39, 0.29) is 0 Å². The van der Waals surface area contributed by atoms with Crippen LogP contribution in [-0.2, 0) is 9.47 Å². The molecule has 2 fully saturated rings. The summed E-state index contributed by atoms with van der Waals surface area (Å²) in [5.41, 5.74) is 0.367. The lowest BCUT2D eigenvalue weighted by Crippen LogP contribution is -2.50. The van der Waals surface area contributed by atoms with E-state index in [0.717, 1.165) is 26.2 Å². The molecular formula is C11H21NO2. The minimum absolute atomic E-state index is 0.356. The van der Waals surface area contributed by atoms with Gasteiger partial charge in [-0.15, -0.1) is 0 Å². The lowest BCUT2D eigenvalue weighted by Gasteiger charge is -2.39. The molecule has 0 aromatic carbocycles. The molecule has 0 bridgehead atoms. The van der Waals surface area contributed by atoms with E-state index >= 15 is 0 Å². The average molecular weight is 199 g/mol. The van der Waals surface area contributed by atoms with E-state index in [1.165, 1.54) is 0 Å². The van der Waals surface area contributed by atoms with E-state index in [1.807, 2.05) is 0 Å². The number of hydrogen-bond donors (Lipinski definition) is 1. The summed E-state index contributed by atoms with van der Waals surface area (Å²) in [6, 6.07) is 0.530. The summed E-state index contributed by atoms with van der Waals surface area (Å²) in [6.07, 6.45) is 1.90. The molecule has 2 rings (SSSR count). The fourth-order valence-corrected chi connectivity index (χ4v) is 2.25. The quantitative estimate of drug-likeness (QED) is 0.740. The number of rotatable bonds is 3. The number of hydrogen-bond acceptors (Lipinski definition) is 3. The second kappa shape index (κ2) is 3.80. The molecule has 82 valence electrons. The van der Waals surface area contributed by atoms with E-state index in [2.05, 4.69) is 26.1 Å². The Labute approximate surface area is 86.2 Å². The van der Waals surface area contributed by atoms with Crippen molar-refractivity contribution in [1.82, 2.24) is 5.32 Å². The van der Waals surface area contributed by atoms with Crippen LogP contribution >= 0.6 is 0 Å². The minimum atomic E-state index is 0.356. The van der Waals surface area contributed by atoms with Gasteiger partial charge in [0.05, 0.1) is 25.4 Å². The van der Waals surface area contributed by atoms with Crippen LogP contribution in [-0.4, -0.2) is 38.0 Å². The zero-order valence-corrected chi connectivity index (χ0v) is 9.38. The summed E-state index contributed by atoms with van der Waals surface area (Å²) in [5, 5.41) is 3.60. The van der Waals surface area contributed by atoms with E-state index < -0.39 is 0 Å². The summed E-state index contributed by atoms with van der Waals surface area (Å²) >= 11 is 0. The minimum Gasteiger partial charge on any atom is -0.380 e. The van der Waals surface area contributed by atoms with Gasteiger partial charge in [0.25, 0.3) is 0 Å². The molecule has 3 heteroatoms. The first kappa shape index (κ1) is 10.4. The van der Waals surface area contributed by atoms with Gasteiger partial charge in [0.15, 0.2) is 0 Å². The van der Waals surface area contributed by atoms with Crippen LogP contribution in [0.1, 0.15) is 27.2 Å². The molecule has 2 aliphatic heterocycles. The largest absolute Gasteiger partial charge is 0.380 e. The van der Waals surface area contributed by atoms with E-state index in [0.29, 0.717) is 23.7 Å². The van der Waals surface area contributed by atoms with Crippen molar-refractivity contribution in [2.75, 3.05) is 19.8 Å². The first-order valence-electron chi connectivity index (χ1n) is 5.56.